The predicted octanol–water partition coefficient (Wildman–Crippen LogP) is 2.40. The van der Waals surface area contributed by atoms with Crippen LogP contribution in [0.4, 0.5) is 0 Å². The molecule has 0 bridgehead atoms. The van der Waals surface area contributed by atoms with E-state index in [1.54, 1.807) is 18.2 Å². The second-order valence-electron chi connectivity index (χ2n) is 10.7. The molecule has 2 aromatic carbocycles. The van der Waals surface area contributed by atoms with E-state index in [4.69, 9.17) is 14.2 Å². The number of amides is 1. The molecule has 4 aliphatic rings. The molecule has 1 unspecified atom stereocenters. The largest absolute Gasteiger partial charge is 0.486 e. The van der Waals surface area contributed by atoms with Crippen molar-refractivity contribution in [2.24, 2.45) is 5.92 Å². The SMILES string of the molecule is O=C(C(CNCC1CCOCC1)c1ccccc1)N1CC2=C(C1)CN(S(=O)(=O)c1ccc3c(c1)OCCO3)C2. The number of hydrogen-bond acceptors (Lipinski definition) is 7. The van der Waals surface area contributed by atoms with Crippen LogP contribution in [0.2, 0.25) is 0 Å². The molecule has 4 heterocycles. The standard InChI is InChI=1S/C29H35N3O6S/c33-29(26(22-4-2-1-3-5-22)16-30-15-21-8-10-36-11-9-21)31-17-23-19-32(20-24(23)18-31)39(34,35)25-6-7-27-28(14-25)38-13-12-37-27/h1-7,14,21,26,30H,8-13,15-20H2. The lowest BCUT2D eigenvalue weighted by Crippen LogP contribution is -2.41. The van der Waals surface area contributed by atoms with E-state index in [9.17, 15) is 13.2 Å². The number of rotatable bonds is 8. The van der Waals surface area contributed by atoms with Crippen LogP contribution in [0.25, 0.3) is 0 Å². The van der Waals surface area contributed by atoms with E-state index in [1.165, 1.54) is 4.31 Å². The molecule has 1 atom stereocenters. The Morgan fingerprint density at radius 3 is 2.31 bits per heavy atom. The van der Waals surface area contributed by atoms with E-state index in [0.29, 0.717) is 63.4 Å². The zero-order valence-electron chi connectivity index (χ0n) is 22.0. The topological polar surface area (TPSA) is 97.4 Å². The minimum atomic E-state index is -3.70. The van der Waals surface area contributed by atoms with Gasteiger partial charge in [-0.3, -0.25) is 4.79 Å². The maximum Gasteiger partial charge on any atom is 0.243 e. The summed E-state index contributed by atoms with van der Waals surface area (Å²) in [4.78, 5) is 15.9. The molecule has 9 nitrogen and oxygen atoms in total. The highest BCUT2D eigenvalue weighted by atomic mass is 32.2. The summed E-state index contributed by atoms with van der Waals surface area (Å²) in [6.45, 7) is 5.44. The Morgan fingerprint density at radius 1 is 0.897 bits per heavy atom. The maximum absolute atomic E-state index is 13.8. The zero-order valence-corrected chi connectivity index (χ0v) is 22.8. The number of nitrogens with one attached hydrogen (secondary N) is 1. The molecule has 0 saturated carbocycles. The summed E-state index contributed by atoms with van der Waals surface area (Å²) in [5.74, 6) is 1.38. The van der Waals surface area contributed by atoms with Crippen LogP contribution in [-0.4, -0.2) is 89.2 Å². The minimum Gasteiger partial charge on any atom is -0.486 e. The van der Waals surface area contributed by atoms with Crippen LogP contribution in [0.15, 0.2) is 64.6 Å². The first kappa shape index (κ1) is 26.3. The smallest absolute Gasteiger partial charge is 0.243 e. The van der Waals surface area contributed by atoms with Crippen molar-refractivity contribution in [2.75, 3.05) is 65.7 Å². The van der Waals surface area contributed by atoms with Crippen molar-refractivity contribution in [3.8, 4) is 11.5 Å². The van der Waals surface area contributed by atoms with E-state index >= 15 is 0 Å². The number of carbonyl (C=O) groups is 1. The van der Waals surface area contributed by atoms with E-state index in [0.717, 1.165) is 49.3 Å². The van der Waals surface area contributed by atoms with Gasteiger partial charge in [-0.1, -0.05) is 30.3 Å². The Morgan fingerprint density at radius 2 is 1.59 bits per heavy atom. The molecule has 1 fully saturated rings. The summed E-state index contributed by atoms with van der Waals surface area (Å²) in [7, 11) is -3.70. The van der Waals surface area contributed by atoms with E-state index in [-0.39, 0.29) is 16.7 Å². The van der Waals surface area contributed by atoms with Crippen molar-refractivity contribution in [3.05, 3.63) is 65.2 Å². The molecular weight excluding hydrogens is 518 g/mol. The Balaban J connectivity index is 1.09. The molecule has 39 heavy (non-hydrogen) atoms. The normalized spacial score (nSPS) is 20.8. The van der Waals surface area contributed by atoms with Crippen molar-refractivity contribution < 1.29 is 27.4 Å². The molecular formula is C29H35N3O6S. The minimum absolute atomic E-state index is 0.0799. The van der Waals surface area contributed by atoms with Crippen LogP contribution in [0.3, 0.4) is 0 Å². The molecule has 1 saturated heterocycles. The predicted molar refractivity (Wildman–Crippen MR) is 145 cm³/mol. The summed E-state index contributed by atoms with van der Waals surface area (Å²) in [6, 6.07) is 14.7. The first-order chi connectivity index (χ1) is 19.0. The number of hydrogen-bond donors (Lipinski definition) is 1. The van der Waals surface area contributed by atoms with Gasteiger partial charge in [-0.2, -0.15) is 4.31 Å². The molecule has 2 aromatic rings. The van der Waals surface area contributed by atoms with Crippen LogP contribution in [-0.2, 0) is 19.6 Å². The van der Waals surface area contributed by atoms with Crippen molar-refractivity contribution in [2.45, 2.75) is 23.7 Å². The van der Waals surface area contributed by atoms with E-state index in [2.05, 4.69) is 5.32 Å². The summed E-state index contributed by atoms with van der Waals surface area (Å²) in [5.41, 5.74) is 3.04. The van der Waals surface area contributed by atoms with Gasteiger partial charge in [0.1, 0.15) is 13.2 Å². The van der Waals surface area contributed by atoms with Gasteiger partial charge in [-0.05, 0) is 54.1 Å². The maximum atomic E-state index is 13.8. The number of nitrogens with zero attached hydrogens (tertiary/aromatic N) is 2. The molecule has 6 rings (SSSR count). The summed E-state index contributed by atoms with van der Waals surface area (Å²) >= 11 is 0. The molecule has 0 spiro atoms. The van der Waals surface area contributed by atoms with Gasteiger partial charge in [0.2, 0.25) is 15.9 Å². The number of ether oxygens (including phenoxy) is 3. The fourth-order valence-electron chi connectivity index (χ4n) is 5.84. The van der Waals surface area contributed by atoms with Gasteiger partial charge in [0, 0.05) is 52.0 Å². The highest BCUT2D eigenvalue weighted by molar-refractivity contribution is 7.89. The number of carbonyl (C=O) groups excluding carboxylic acids is 1. The van der Waals surface area contributed by atoms with Gasteiger partial charge in [0.05, 0.1) is 10.8 Å². The van der Waals surface area contributed by atoms with Gasteiger partial charge in [-0.15, -0.1) is 0 Å². The Hall–Kier alpha value is -2.92. The number of benzene rings is 2. The van der Waals surface area contributed by atoms with E-state index in [1.807, 2.05) is 35.2 Å². The first-order valence-electron chi connectivity index (χ1n) is 13.7. The van der Waals surface area contributed by atoms with Crippen LogP contribution in [0, 0.1) is 5.92 Å². The van der Waals surface area contributed by atoms with Gasteiger partial charge >= 0.3 is 0 Å². The average Bonchev–Trinajstić information content (AvgIpc) is 3.56. The van der Waals surface area contributed by atoms with Crippen molar-refractivity contribution in [1.82, 2.24) is 14.5 Å². The van der Waals surface area contributed by atoms with Crippen molar-refractivity contribution in [1.29, 1.82) is 0 Å². The van der Waals surface area contributed by atoms with Gasteiger partial charge < -0.3 is 24.4 Å². The third-order valence-electron chi connectivity index (χ3n) is 8.08. The van der Waals surface area contributed by atoms with Crippen LogP contribution >= 0.6 is 0 Å². The highest BCUT2D eigenvalue weighted by Crippen LogP contribution is 2.36. The Labute approximate surface area is 229 Å². The third-order valence-corrected chi connectivity index (χ3v) is 9.87. The van der Waals surface area contributed by atoms with Crippen LogP contribution in [0.1, 0.15) is 24.3 Å². The molecule has 10 heteroatoms. The summed E-state index contributed by atoms with van der Waals surface area (Å²) < 4.78 is 44.9. The Bertz CT molecular complexity index is 1320. The van der Waals surface area contributed by atoms with Gasteiger partial charge in [-0.25, -0.2) is 8.42 Å². The average molecular weight is 554 g/mol. The van der Waals surface area contributed by atoms with Crippen LogP contribution < -0.4 is 14.8 Å². The number of sulfonamides is 1. The fraction of sp³-hybridized carbons (Fsp3) is 0.483. The second-order valence-corrected chi connectivity index (χ2v) is 12.6. The van der Waals surface area contributed by atoms with Gasteiger partial charge in [0.25, 0.3) is 0 Å². The monoisotopic (exact) mass is 553 g/mol. The van der Waals surface area contributed by atoms with Gasteiger partial charge in [0.15, 0.2) is 11.5 Å². The summed E-state index contributed by atoms with van der Waals surface area (Å²) in [6.07, 6.45) is 2.09. The quantitative estimate of drug-likeness (QED) is 0.502. The molecule has 0 radical (unpaired) electrons. The molecule has 1 N–H and O–H groups in total. The second kappa shape index (κ2) is 11.3. The summed E-state index contributed by atoms with van der Waals surface area (Å²) in [5, 5.41) is 3.55. The van der Waals surface area contributed by atoms with Crippen LogP contribution in [0.5, 0.6) is 11.5 Å². The van der Waals surface area contributed by atoms with E-state index < -0.39 is 10.0 Å². The lowest BCUT2D eigenvalue weighted by molar-refractivity contribution is -0.131. The lowest BCUT2D eigenvalue weighted by Gasteiger charge is -2.28. The molecule has 0 aromatic heterocycles. The van der Waals surface area contributed by atoms with Crippen molar-refractivity contribution in [3.63, 3.8) is 0 Å². The lowest BCUT2D eigenvalue weighted by atomic mass is 9.96. The molecule has 1 amide bonds. The molecule has 0 aliphatic carbocycles. The number of fused-ring (bicyclic) bond motifs is 1. The molecule has 4 aliphatic heterocycles. The zero-order chi connectivity index (χ0) is 26.8. The first-order valence-corrected chi connectivity index (χ1v) is 15.1. The third kappa shape index (κ3) is 5.56. The molecule has 208 valence electrons. The highest BCUT2D eigenvalue weighted by Gasteiger charge is 2.39. The fourth-order valence-corrected chi connectivity index (χ4v) is 7.29. The Kier molecular flexibility index (Phi) is 7.61. The van der Waals surface area contributed by atoms with Crippen molar-refractivity contribution >= 4 is 15.9 Å².